The van der Waals surface area contributed by atoms with E-state index in [-0.39, 0.29) is 11.7 Å². The van der Waals surface area contributed by atoms with E-state index in [0.717, 1.165) is 11.3 Å². The lowest BCUT2D eigenvalue weighted by atomic mass is 10.1. The van der Waals surface area contributed by atoms with E-state index in [1.807, 2.05) is 24.3 Å². The Labute approximate surface area is 121 Å². The molecule has 0 saturated heterocycles. The van der Waals surface area contributed by atoms with Crippen LogP contribution in [0.2, 0.25) is 0 Å². The first-order chi connectivity index (χ1) is 10.2. The summed E-state index contributed by atoms with van der Waals surface area (Å²) >= 11 is 0. The van der Waals surface area contributed by atoms with Crippen molar-refractivity contribution in [1.29, 1.82) is 0 Å². The molecular weight excluding hydrogens is 269 g/mol. The van der Waals surface area contributed by atoms with Gasteiger partial charge in [-0.3, -0.25) is 4.79 Å². The van der Waals surface area contributed by atoms with Crippen molar-refractivity contribution in [1.82, 2.24) is 0 Å². The summed E-state index contributed by atoms with van der Waals surface area (Å²) in [5.41, 5.74) is 2.44. The molecule has 1 aliphatic rings. The summed E-state index contributed by atoms with van der Waals surface area (Å²) in [5, 5.41) is 7.89. The first kappa shape index (κ1) is 13.2. The van der Waals surface area contributed by atoms with Crippen LogP contribution in [0.5, 0.6) is 0 Å². The Hall–Kier alpha value is -2.82. The monoisotopic (exact) mass is 281 g/mol. The Bertz CT molecular complexity index is 768. The minimum Gasteiger partial charge on any atom is -0.309 e. The number of hydrogen-bond donors (Lipinski definition) is 0. The molecule has 3 rings (SSSR count). The van der Waals surface area contributed by atoms with E-state index < -0.39 is 0 Å². The molecule has 5 heteroatoms. The third-order valence-electron chi connectivity index (χ3n) is 3.24. The van der Waals surface area contributed by atoms with Crippen molar-refractivity contribution in [3.8, 4) is 0 Å². The molecule has 104 valence electrons. The molecule has 4 nitrogen and oxygen atoms in total. The Morgan fingerprint density at radius 3 is 2.76 bits per heavy atom. The summed E-state index contributed by atoms with van der Waals surface area (Å²) in [6.07, 6.45) is 1.42. The third-order valence-corrected chi connectivity index (χ3v) is 3.24. The number of nitrogens with zero attached hydrogens (tertiary/aromatic N) is 3. The Morgan fingerprint density at radius 2 is 1.95 bits per heavy atom. The molecule has 0 spiro atoms. The SMILES string of the molecule is CN1C(=O)/C(=N/N=C\c2cccc(F)c2)c2ccccc21. The van der Waals surface area contributed by atoms with Gasteiger partial charge in [-0.1, -0.05) is 30.3 Å². The molecule has 0 fully saturated rings. The number of amides is 1. The average Bonchev–Trinajstić information content (AvgIpc) is 2.73. The van der Waals surface area contributed by atoms with Crippen LogP contribution in [0.4, 0.5) is 10.1 Å². The van der Waals surface area contributed by atoms with Crippen molar-refractivity contribution in [3.05, 3.63) is 65.5 Å². The van der Waals surface area contributed by atoms with Crippen LogP contribution in [0.25, 0.3) is 0 Å². The number of carbonyl (C=O) groups excluding carboxylic acids is 1. The molecule has 0 saturated carbocycles. The van der Waals surface area contributed by atoms with E-state index >= 15 is 0 Å². The zero-order valence-electron chi connectivity index (χ0n) is 11.3. The van der Waals surface area contributed by atoms with Gasteiger partial charge < -0.3 is 4.90 Å². The van der Waals surface area contributed by atoms with Crippen molar-refractivity contribution in [2.24, 2.45) is 10.2 Å². The number of benzene rings is 2. The van der Waals surface area contributed by atoms with E-state index in [4.69, 9.17) is 0 Å². The fourth-order valence-corrected chi connectivity index (χ4v) is 2.19. The van der Waals surface area contributed by atoms with E-state index in [1.54, 1.807) is 19.2 Å². The topological polar surface area (TPSA) is 45.0 Å². The second-order valence-corrected chi connectivity index (χ2v) is 4.63. The summed E-state index contributed by atoms with van der Waals surface area (Å²) in [6, 6.07) is 13.4. The summed E-state index contributed by atoms with van der Waals surface area (Å²) < 4.78 is 13.0. The minimum atomic E-state index is -0.339. The summed E-state index contributed by atoms with van der Waals surface area (Å²) in [5.74, 6) is -0.541. The van der Waals surface area contributed by atoms with Crippen LogP contribution in [0.15, 0.2) is 58.7 Å². The van der Waals surface area contributed by atoms with Crippen LogP contribution in [0.1, 0.15) is 11.1 Å². The summed E-state index contributed by atoms with van der Waals surface area (Å²) in [4.78, 5) is 13.7. The zero-order chi connectivity index (χ0) is 14.8. The van der Waals surface area contributed by atoms with Gasteiger partial charge in [0.2, 0.25) is 0 Å². The highest BCUT2D eigenvalue weighted by atomic mass is 19.1. The number of likely N-dealkylation sites (N-methyl/N-ethyl adjacent to an activating group) is 1. The fraction of sp³-hybridized carbons (Fsp3) is 0.0625. The Balaban J connectivity index is 1.92. The molecule has 1 aliphatic heterocycles. The molecule has 21 heavy (non-hydrogen) atoms. The van der Waals surface area contributed by atoms with E-state index in [9.17, 15) is 9.18 Å². The maximum Gasteiger partial charge on any atom is 0.279 e. The molecule has 0 aliphatic carbocycles. The molecule has 2 aromatic rings. The largest absolute Gasteiger partial charge is 0.309 e. The molecule has 0 unspecified atom stereocenters. The van der Waals surface area contributed by atoms with Gasteiger partial charge in [0.25, 0.3) is 5.91 Å². The van der Waals surface area contributed by atoms with Crippen LogP contribution >= 0.6 is 0 Å². The molecule has 1 amide bonds. The van der Waals surface area contributed by atoms with Crippen LogP contribution in [-0.4, -0.2) is 24.9 Å². The first-order valence-corrected chi connectivity index (χ1v) is 6.41. The van der Waals surface area contributed by atoms with Gasteiger partial charge in [-0.2, -0.15) is 5.10 Å². The second kappa shape index (κ2) is 5.28. The van der Waals surface area contributed by atoms with Crippen LogP contribution in [0.3, 0.4) is 0 Å². The first-order valence-electron chi connectivity index (χ1n) is 6.41. The van der Waals surface area contributed by atoms with Gasteiger partial charge in [0.15, 0.2) is 5.71 Å². The molecule has 0 aromatic heterocycles. The maximum atomic E-state index is 13.0. The molecule has 0 N–H and O–H groups in total. The van der Waals surface area contributed by atoms with Crippen molar-refractivity contribution in [3.63, 3.8) is 0 Å². The van der Waals surface area contributed by atoms with Crippen LogP contribution < -0.4 is 4.90 Å². The Kier molecular flexibility index (Phi) is 3.31. The highest BCUT2D eigenvalue weighted by Crippen LogP contribution is 2.27. The van der Waals surface area contributed by atoms with Crippen molar-refractivity contribution in [2.75, 3.05) is 11.9 Å². The summed E-state index contributed by atoms with van der Waals surface area (Å²) in [6.45, 7) is 0. The van der Waals surface area contributed by atoms with Gasteiger partial charge in [0.1, 0.15) is 5.82 Å². The molecule has 0 bridgehead atoms. The maximum absolute atomic E-state index is 13.0. The number of fused-ring (bicyclic) bond motifs is 1. The number of carbonyl (C=O) groups is 1. The third kappa shape index (κ3) is 2.45. The molecule has 1 heterocycles. The van der Waals surface area contributed by atoms with Gasteiger partial charge in [-0.15, -0.1) is 5.10 Å². The van der Waals surface area contributed by atoms with E-state index in [0.29, 0.717) is 11.3 Å². The van der Waals surface area contributed by atoms with Crippen molar-refractivity contribution in [2.45, 2.75) is 0 Å². The lowest BCUT2D eigenvalue weighted by Gasteiger charge is -2.07. The highest BCUT2D eigenvalue weighted by Gasteiger charge is 2.30. The van der Waals surface area contributed by atoms with Crippen LogP contribution in [0, 0.1) is 5.82 Å². The van der Waals surface area contributed by atoms with Crippen molar-refractivity contribution >= 4 is 23.5 Å². The normalized spacial score (nSPS) is 16.0. The number of rotatable bonds is 2. The lowest BCUT2D eigenvalue weighted by molar-refractivity contribution is -0.111. The minimum absolute atomic E-state index is 0.201. The van der Waals surface area contributed by atoms with Gasteiger partial charge >= 0.3 is 0 Å². The quantitative estimate of drug-likeness (QED) is 0.616. The predicted octanol–water partition coefficient (Wildman–Crippen LogP) is 2.63. The van der Waals surface area contributed by atoms with Crippen molar-refractivity contribution < 1.29 is 9.18 Å². The predicted molar refractivity (Wildman–Crippen MR) is 80.4 cm³/mol. The number of para-hydroxylation sites is 1. The molecule has 0 atom stereocenters. The van der Waals surface area contributed by atoms with Gasteiger partial charge in [-0.05, 0) is 23.8 Å². The number of hydrogen-bond acceptors (Lipinski definition) is 3. The zero-order valence-corrected chi connectivity index (χ0v) is 11.3. The fourth-order valence-electron chi connectivity index (χ4n) is 2.19. The van der Waals surface area contributed by atoms with Gasteiger partial charge in [0, 0.05) is 12.6 Å². The lowest BCUT2D eigenvalue weighted by Crippen LogP contribution is -2.25. The Morgan fingerprint density at radius 1 is 1.14 bits per heavy atom. The number of halogens is 1. The van der Waals surface area contributed by atoms with Gasteiger partial charge in [-0.25, -0.2) is 4.39 Å². The standard InChI is InChI=1S/C16H12FN3O/c1-20-14-8-3-2-7-13(14)15(16(20)21)19-18-10-11-5-4-6-12(17)9-11/h2-10H,1H3/b18-10-,19-15+. The molecular formula is C16H12FN3O. The second-order valence-electron chi connectivity index (χ2n) is 4.63. The molecule has 0 radical (unpaired) electrons. The van der Waals surface area contributed by atoms with E-state index in [1.165, 1.54) is 23.2 Å². The van der Waals surface area contributed by atoms with E-state index in [2.05, 4.69) is 10.2 Å². The summed E-state index contributed by atoms with van der Waals surface area (Å²) in [7, 11) is 1.69. The van der Waals surface area contributed by atoms with Gasteiger partial charge in [0.05, 0.1) is 11.9 Å². The number of anilines is 1. The highest BCUT2D eigenvalue weighted by molar-refractivity contribution is 6.54. The molecule has 2 aromatic carbocycles. The smallest absolute Gasteiger partial charge is 0.279 e. The van der Waals surface area contributed by atoms with Crippen LogP contribution in [-0.2, 0) is 4.79 Å². The average molecular weight is 281 g/mol.